The number of halogens is 3. The molecule has 1 unspecified atom stereocenters. The van der Waals surface area contributed by atoms with Crippen LogP contribution in [-0.4, -0.2) is 18.8 Å². The summed E-state index contributed by atoms with van der Waals surface area (Å²) in [6, 6.07) is 0. The lowest BCUT2D eigenvalue weighted by molar-refractivity contribution is -0.183. The molecule has 0 aromatic carbocycles. The second-order valence-electron chi connectivity index (χ2n) is 3.38. The zero-order valence-corrected chi connectivity index (χ0v) is 8.17. The number of ether oxygens (including phenoxy) is 1. The molecule has 0 saturated carbocycles. The summed E-state index contributed by atoms with van der Waals surface area (Å²) in [5.41, 5.74) is 0.293. The van der Waals surface area contributed by atoms with Gasteiger partial charge in [0.25, 0.3) is 0 Å². The van der Waals surface area contributed by atoms with Gasteiger partial charge in [-0.2, -0.15) is 13.2 Å². The minimum absolute atomic E-state index is 0.0873. The Balaban J connectivity index is 2.54. The lowest BCUT2D eigenvalue weighted by Gasteiger charge is -2.16. The molecule has 0 aliphatic heterocycles. The van der Waals surface area contributed by atoms with Crippen LogP contribution in [-0.2, 0) is 9.53 Å². The molecule has 1 atom stereocenters. The van der Waals surface area contributed by atoms with E-state index in [1.54, 1.807) is 13.0 Å². The van der Waals surface area contributed by atoms with E-state index in [2.05, 4.69) is 4.74 Å². The molecule has 0 radical (unpaired) electrons. The topological polar surface area (TPSA) is 26.3 Å². The molecular weight excluding hydrogens is 209 g/mol. The summed E-state index contributed by atoms with van der Waals surface area (Å²) in [5, 5.41) is 0. The number of carbonyl (C=O) groups excluding carboxylic acids is 1. The van der Waals surface area contributed by atoms with Gasteiger partial charge in [0, 0.05) is 5.57 Å². The largest absolute Gasteiger partial charge is 0.453 e. The van der Waals surface area contributed by atoms with Crippen molar-refractivity contribution >= 4 is 5.97 Å². The maximum absolute atomic E-state index is 11.8. The molecule has 5 heteroatoms. The maximum Gasteiger partial charge on any atom is 0.422 e. The molecule has 15 heavy (non-hydrogen) atoms. The number of alkyl halides is 3. The van der Waals surface area contributed by atoms with Crippen LogP contribution in [0, 0.1) is 5.92 Å². The standard InChI is InChI=1S/C10H11F3O2/c1-7-4-2-3-5-8(7)9(14)15-6-10(11,12)13/h2-3,5,7H,4,6H2,1H3. The van der Waals surface area contributed by atoms with Crippen LogP contribution >= 0.6 is 0 Å². The second kappa shape index (κ2) is 4.51. The molecule has 0 saturated heterocycles. The molecule has 0 bridgehead atoms. The minimum atomic E-state index is -4.47. The average molecular weight is 220 g/mol. The highest BCUT2D eigenvalue weighted by atomic mass is 19.4. The van der Waals surface area contributed by atoms with Crippen molar-refractivity contribution in [2.75, 3.05) is 6.61 Å². The number of carbonyl (C=O) groups is 1. The predicted molar refractivity (Wildman–Crippen MR) is 48.0 cm³/mol. The predicted octanol–water partition coefficient (Wildman–Crippen LogP) is 2.61. The van der Waals surface area contributed by atoms with Crippen LogP contribution in [0.25, 0.3) is 0 Å². The van der Waals surface area contributed by atoms with Gasteiger partial charge < -0.3 is 4.74 Å². The van der Waals surface area contributed by atoms with Gasteiger partial charge in [-0.05, 0) is 12.3 Å². The van der Waals surface area contributed by atoms with Crippen LogP contribution in [0.5, 0.6) is 0 Å². The van der Waals surface area contributed by atoms with Gasteiger partial charge in [0.05, 0.1) is 0 Å². The maximum atomic E-state index is 11.8. The summed E-state index contributed by atoms with van der Waals surface area (Å²) >= 11 is 0. The van der Waals surface area contributed by atoms with Crippen molar-refractivity contribution in [2.24, 2.45) is 5.92 Å². The third-order valence-corrected chi connectivity index (χ3v) is 2.04. The van der Waals surface area contributed by atoms with Crippen molar-refractivity contribution in [3.05, 3.63) is 23.8 Å². The first-order valence-corrected chi connectivity index (χ1v) is 4.51. The molecular formula is C10H11F3O2. The highest BCUT2D eigenvalue weighted by molar-refractivity contribution is 5.89. The highest BCUT2D eigenvalue weighted by Gasteiger charge is 2.30. The Morgan fingerprint density at radius 3 is 2.80 bits per heavy atom. The Morgan fingerprint density at radius 2 is 2.27 bits per heavy atom. The SMILES string of the molecule is CC1CC=CC=C1C(=O)OCC(F)(F)F. The molecule has 84 valence electrons. The van der Waals surface area contributed by atoms with Crippen LogP contribution in [0.2, 0.25) is 0 Å². The van der Waals surface area contributed by atoms with E-state index in [0.717, 1.165) is 0 Å². The fourth-order valence-electron chi connectivity index (χ4n) is 1.25. The van der Waals surface area contributed by atoms with Crippen molar-refractivity contribution in [2.45, 2.75) is 19.5 Å². The van der Waals surface area contributed by atoms with E-state index in [9.17, 15) is 18.0 Å². The fourth-order valence-corrected chi connectivity index (χ4v) is 1.25. The van der Waals surface area contributed by atoms with Crippen molar-refractivity contribution in [1.82, 2.24) is 0 Å². The number of hydrogen-bond acceptors (Lipinski definition) is 2. The van der Waals surface area contributed by atoms with Crippen molar-refractivity contribution in [1.29, 1.82) is 0 Å². The number of rotatable bonds is 2. The summed E-state index contributed by atoms with van der Waals surface area (Å²) in [4.78, 5) is 11.2. The van der Waals surface area contributed by atoms with Gasteiger partial charge >= 0.3 is 12.1 Å². The molecule has 1 aliphatic rings. The number of allylic oxidation sites excluding steroid dienone is 3. The lowest BCUT2D eigenvalue weighted by atomic mass is 9.93. The van der Waals surface area contributed by atoms with Crippen molar-refractivity contribution < 1.29 is 22.7 Å². The zero-order chi connectivity index (χ0) is 11.5. The van der Waals surface area contributed by atoms with Crippen LogP contribution < -0.4 is 0 Å². The summed E-state index contributed by atoms with van der Waals surface area (Å²) in [6.45, 7) is 0.240. The average Bonchev–Trinajstić information content (AvgIpc) is 2.14. The summed E-state index contributed by atoms with van der Waals surface area (Å²) in [6.07, 6.45) is 1.17. The first kappa shape index (κ1) is 11.8. The third-order valence-electron chi connectivity index (χ3n) is 2.04. The van der Waals surface area contributed by atoms with Gasteiger partial charge in [-0.1, -0.05) is 25.2 Å². The molecule has 1 aliphatic carbocycles. The Labute approximate surface area is 85.4 Å². The Bertz CT molecular complexity index is 302. The van der Waals surface area contributed by atoms with E-state index < -0.39 is 18.8 Å². The van der Waals surface area contributed by atoms with Crippen LogP contribution in [0.3, 0.4) is 0 Å². The molecule has 0 amide bonds. The molecule has 1 rings (SSSR count). The molecule has 0 fully saturated rings. The van der Waals surface area contributed by atoms with Gasteiger partial charge in [-0.15, -0.1) is 0 Å². The van der Waals surface area contributed by atoms with E-state index in [1.807, 2.05) is 6.08 Å². The van der Waals surface area contributed by atoms with Gasteiger partial charge in [-0.3, -0.25) is 0 Å². The number of esters is 1. The third kappa shape index (κ3) is 3.77. The van der Waals surface area contributed by atoms with Gasteiger partial charge in [-0.25, -0.2) is 4.79 Å². The Kier molecular flexibility index (Phi) is 3.55. The monoisotopic (exact) mass is 220 g/mol. The van der Waals surface area contributed by atoms with Gasteiger partial charge in [0.2, 0.25) is 0 Å². The molecule has 0 N–H and O–H groups in total. The first-order chi connectivity index (χ1) is 6.90. The minimum Gasteiger partial charge on any atom is -0.453 e. The molecule has 0 heterocycles. The fraction of sp³-hybridized carbons (Fsp3) is 0.500. The normalized spacial score (nSPS) is 21.1. The molecule has 0 aromatic rings. The summed E-state index contributed by atoms with van der Waals surface area (Å²) < 4.78 is 39.5. The van der Waals surface area contributed by atoms with Gasteiger partial charge in [0.15, 0.2) is 6.61 Å². The van der Waals surface area contributed by atoms with Crippen LogP contribution in [0.1, 0.15) is 13.3 Å². The van der Waals surface area contributed by atoms with Gasteiger partial charge in [0.1, 0.15) is 0 Å². The van der Waals surface area contributed by atoms with Crippen LogP contribution in [0.15, 0.2) is 23.8 Å². The van der Waals surface area contributed by atoms with E-state index >= 15 is 0 Å². The quantitative estimate of drug-likeness (QED) is 0.668. The second-order valence-corrected chi connectivity index (χ2v) is 3.38. The summed E-state index contributed by atoms with van der Waals surface area (Å²) in [5.74, 6) is -0.972. The Morgan fingerprint density at radius 1 is 1.60 bits per heavy atom. The first-order valence-electron chi connectivity index (χ1n) is 4.51. The lowest BCUT2D eigenvalue weighted by Crippen LogP contribution is -2.23. The van der Waals surface area contributed by atoms with Crippen molar-refractivity contribution in [3.63, 3.8) is 0 Å². The van der Waals surface area contributed by atoms with E-state index in [0.29, 0.717) is 12.0 Å². The zero-order valence-electron chi connectivity index (χ0n) is 8.17. The van der Waals surface area contributed by atoms with E-state index in [4.69, 9.17) is 0 Å². The van der Waals surface area contributed by atoms with E-state index in [-0.39, 0.29) is 5.92 Å². The molecule has 2 nitrogen and oxygen atoms in total. The van der Waals surface area contributed by atoms with Crippen LogP contribution in [0.4, 0.5) is 13.2 Å². The van der Waals surface area contributed by atoms with Crippen molar-refractivity contribution in [3.8, 4) is 0 Å². The Hall–Kier alpha value is -1.26. The smallest absolute Gasteiger partial charge is 0.422 e. The summed E-state index contributed by atoms with van der Waals surface area (Å²) in [7, 11) is 0. The highest BCUT2D eigenvalue weighted by Crippen LogP contribution is 2.22. The molecule has 0 spiro atoms. The van der Waals surface area contributed by atoms with E-state index in [1.165, 1.54) is 6.08 Å². The molecule has 0 aromatic heterocycles. The number of hydrogen-bond donors (Lipinski definition) is 0.